The van der Waals surface area contributed by atoms with Gasteiger partial charge in [0.1, 0.15) is 11.6 Å². The SMILES string of the molecule is COc1ccccc1C(=O)NCCc1nc2ccccc2n1Cc1ccc(Cl)cc1Cl. The van der Waals surface area contributed by atoms with Gasteiger partial charge in [0.05, 0.1) is 30.3 Å². The van der Waals surface area contributed by atoms with Gasteiger partial charge >= 0.3 is 0 Å². The molecule has 0 saturated heterocycles. The van der Waals surface area contributed by atoms with E-state index in [9.17, 15) is 4.79 Å². The van der Waals surface area contributed by atoms with E-state index in [1.165, 1.54) is 0 Å². The second-order valence-electron chi connectivity index (χ2n) is 7.04. The van der Waals surface area contributed by atoms with Gasteiger partial charge in [-0.3, -0.25) is 4.79 Å². The lowest BCUT2D eigenvalue weighted by Crippen LogP contribution is -2.27. The highest BCUT2D eigenvalue weighted by Crippen LogP contribution is 2.25. The average Bonchev–Trinajstić information content (AvgIpc) is 3.12. The molecule has 5 nitrogen and oxygen atoms in total. The number of carbonyl (C=O) groups excluding carboxylic acids is 1. The van der Waals surface area contributed by atoms with Crippen LogP contribution in [-0.4, -0.2) is 29.1 Å². The smallest absolute Gasteiger partial charge is 0.255 e. The summed E-state index contributed by atoms with van der Waals surface area (Å²) < 4.78 is 7.40. The number of imidazole rings is 1. The van der Waals surface area contributed by atoms with Gasteiger partial charge < -0.3 is 14.6 Å². The Hall–Kier alpha value is -3.02. The van der Waals surface area contributed by atoms with E-state index in [4.69, 9.17) is 32.9 Å². The summed E-state index contributed by atoms with van der Waals surface area (Å²) in [6.45, 7) is 1.00. The Morgan fingerprint density at radius 2 is 1.84 bits per heavy atom. The first-order chi connectivity index (χ1) is 15.1. The number of hydrogen-bond acceptors (Lipinski definition) is 3. The molecule has 0 fully saturated rings. The maximum absolute atomic E-state index is 12.6. The fourth-order valence-electron chi connectivity index (χ4n) is 3.53. The van der Waals surface area contributed by atoms with Crippen molar-refractivity contribution in [3.05, 3.63) is 93.7 Å². The summed E-state index contributed by atoms with van der Waals surface area (Å²) in [5.74, 6) is 1.23. The average molecular weight is 454 g/mol. The van der Waals surface area contributed by atoms with Crippen molar-refractivity contribution in [2.24, 2.45) is 0 Å². The summed E-state index contributed by atoms with van der Waals surface area (Å²) in [7, 11) is 1.55. The fourth-order valence-corrected chi connectivity index (χ4v) is 4.00. The molecule has 3 aromatic carbocycles. The van der Waals surface area contributed by atoms with Crippen LogP contribution in [0.2, 0.25) is 10.0 Å². The molecule has 31 heavy (non-hydrogen) atoms. The molecule has 7 heteroatoms. The number of aromatic nitrogens is 2. The first kappa shape index (κ1) is 21.2. The van der Waals surface area contributed by atoms with E-state index < -0.39 is 0 Å². The number of methoxy groups -OCH3 is 1. The number of rotatable bonds is 7. The van der Waals surface area contributed by atoms with Gasteiger partial charge in [0.2, 0.25) is 0 Å². The van der Waals surface area contributed by atoms with E-state index in [-0.39, 0.29) is 5.91 Å². The second kappa shape index (κ2) is 9.41. The number of amides is 1. The van der Waals surface area contributed by atoms with Crippen molar-refractivity contribution in [2.45, 2.75) is 13.0 Å². The number of carbonyl (C=O) groups is 1. The Morgan fingerprint density at radius 3 is 2.65 bits per heavy atom. The predicted molar refractivity (Wildman–Crippen MR) is 124 cm³/mol. The summed E-state index contributed by atoms with van der Waals surface area (Å²) in [5.41, 5.74) is 3.37. The van der Waals surface area contributed by atoms with Crippen molar-refractivity contribution in [2.75, 3.05) is 13.7 Å². The number of fused-ring (bicyclic) bond motifs is 1. The van der Waals surface area contributed by atoms with Crippen molar-refractivity contribution < 1.29 is 9.53 Å². The summed E-state index contributed by atoms with van der Waals surface area (Å²) in [6.07, 6.45) is 0.570. The third kappa shape index (κ3) is 4.68. The minimum Gasteiger partial charge on any atom is -0.496 e. The maximum Gasteiger partial charge on any atom is 0.255 e. The zero-order chi connectivity index (χ0) is 21.8. The van der Waals surface area contributed by atoms with Crippen LogP contribution in [0.3, 0.4) is 0 Å². The topological polar surface area (TPSA) is 56.1 Å². The molecule has 0 aliphatic heterocycles. The molecule has 1 heterocycles. The molecular formula is C24H21Cl2N3O2. The number of hydrogen-bond donors (Lipinski definition) is 1. The fraction of sp³-hybridized carbons (Fsp3) is 0.167. The Bertz CT molecular complexity index is 1240. The van der Waals surface area contributed by atoms with Gasteiger partial charge in [-0.1, -0.05) is 53.5 Å². The second-order valence-corrected chi connectivity index (χ2v) is 7.89. The highest BCUT2D eigenvalue weighted by Gasteiger charge is 2.14. The molecule has 4 rings (SSSR count). The monoisotopic (exact) mass is 453 g/mol. The molecule has 0 aliphatic carbocycles. The molecule has 0 spiro atoms. The molecule has 0 radical (unpaired) electrons. The van der Waals surface area contributed by atoms with Crippen LogP contribution in [-0.2, 0) is 13.0 Å². The third-order valence-electron chi connectivity index (χ3n) is 5.06. The molecule has 1 N–H and O–H groups in total. The summed E-state index contributed by atoms with van der Waals surface area (Å²) in [4.78, 5) is 17.4. The standard InChI is InChI=1S/C24H21Cl2N3O2/c1-31-22-9-5-2-6-18(22)24(30)27-13-12-23-28-20-7-3-4-8-21(20)29(23)15-16-10-11-17(25)14-19(16)26/h2-11,14H,12-13,15H2,1H3,(H,27,30). The van der Waals surface area contributed by atoms with Crippen molar-refractivity contribution in [1.82, 2.24) is 14.9 Å². The molecule has 1 amide bonds. The van der Waals surface area contributed by atoms with Crippen LogP contribution in [0, 0.1) is 0 Å². The Balaban J connectivity index is 1.55. The minimum absolute atomic E-state index is 0.180. The molecule has 0 aliphatic rings. The van der Waals surface area contributed by atoms with Crippen molar-refractivity contribution in [3.63, 3.8) is 0 Å². The van der Waals surface area contributed by atoms with Gasteiger partial charge in [0, 0.05) is 23.0 Å². The van der Waals surface area contributed by atoms with E-state index in [2.05, 4.69) is 9.88 Å². The van der Waals surface area contributed by atoms with Gasteiger partial charge in [-0.05, 0) is 42.0 Å². The quantitative estimate of drug-likeness (QED) is 0.408. The normalized spacial score (nSPS) is 10.9. The number of benzene rings is 3. The summed E-state index contributed by atoms with van der Waals surface area (Å²) >= 11 is 12.4. The minimum atomic E-state index is -0.180. The van der Waals surface area contributed by atoms with E-state index in [1.807, 2.05) is 48.5 Å². The predicted octanol–water partition coefficient (Wildman–Crippen LogP) is 5.37. The Kier molecular flexibility index (Phi) is 6.44. The zero-order valence-corrected chi connectivity index (χ0v) is 18.5. The number of para-hydroxylation sites is 3. The largest absolute Gasteiger partial charge is 0.496 e. The van der Waals surface area contributed by atoms with E-state index in [0.717, 1.165) is 22.4 Å². The Morgan fingerprint density at radius 1 is 1.06 bits per heavy atom. The van der Waals surface area contributed by atoms with E-state index >= 15 is 0 Å². The lowest BCUT2D eigenvalue weighted by molar-refractivity contribution is 0.0951. The lowest BCUT2D eigenvalue weighted by Gasteiger charge is -2.12. The molecule has 0 unspecified atom stereocenters. The van der Waals surface area contributed by atoms with Crippen LogP contribution >= 0.6 is 23.2 Å². The molecule has 4 aromatic rings. The first-order valence-electron chi connectivity index (χ1n) is 9.86. The first-order valence-corrected chi connectivity index (χ1v) is 10.6. The zero-order valence-electron chi connectivity index (χ0n) is 16.9. The lowest BCUT2D eigenvalue weighted by atomic mass is 10.2. The van der Waals surface area contributed by atoms with Gasteiger partial charge in [-0.25, -0.2) is 4.98 Å². The van der Waals surface area contributed by atoms with Crippen molar-refractivity contribution >= 4 is 40.1 Å². The number of nitrogens with one attached hydrogen (secondary N) is 1. The van der Waals surface area contributed by atoms with Crippen LogP contribution < -0.4 is 10.1 Å². The van der Waals surface area contributed by atoms with Gasteiger partial charge in [-0.2, -0.15) is 0 Å². The highest BCUT2D eigenvalue weighted by atomic mass is 35.5. The van der Waals surface area contributed by atoms with Crippen molar-refractivity contribution in [1.29, 1.82) is 0 Å². The third-order valence-corrected chi connectivity index (χ3v) is 5.65. The number of halogens is 2. The molecule has 0 atom stereocenters. The summed E-state index contributed by atoms with van der Waals surface area (Å²) in [5, 5.41) is 4.17. The van der Waals surface area contributed by atoms with Crippen LogP contribution in [0.15, 0.2) is 66.7 Å². The van der Waals surface area contributed by atoms with Crippen LogP contribution in [0.5, 0.6) is 5.75 Å². The molecule has 0 saturated carbocycles. The number of ether oxygens (including phenoxy) is 1. The highest BCUT2D eigenvalue weighted by molar-refractivity contribution is 6.35. The maximum atomic E-state index is 12.6. The van der Waals surface area contributed by atoms with E-state index in [1.54, 1.807) is 25.3 Å². The molecule has 1 aromatic heterocycles. The van der Waals surface area contributed by atoms with Gasteiger partial charge in [0.25, 0.3) is 5.91 Å². The molecule has 158 valence electrons. The van der Waals surface area contributed by atoms with Crippen LogP contribution in [0.4, 0.5) is 0 Å². The van der Waals surface area contributed by atoms with Crippen molar-refractivity contribution in [3.8, 4) is 5.75 Å². The van der Waals surface area contributed by atoms with E-state index in [0.29, 0.717) is 40.9 Å². The van der Waals surface area contributed by atoms with Gasteiger partial charge in [0.15, 0.2) is 0 Å². The van der Waals surface area contributed by atoms with Gasteiger partial charge in [-0.15, -0.1) is 0 Å². The Labute approximate surface area is 190 Å². The molecular weight excluding hydrogens is 433 g/mol. The van der Waals surface area contributed by atoms with Crippen LogP contribution in [0.25, 0.3) is 11.0 Å². The number of nitrogens with zero attached hydrogens (tertiary/aromatic N) is 2. The molecule has 0 bridgehead atoms. The van der Waals surface area contributed by atoms with Crippen LogP contribution in [0.1, 0.15) is 21.7 Å². The summed E-state index contributed by atoms with van der Waals surface area (Å²) in [6, 6.07) is 20.6.